The number of hydrogen-bond acceptors (Lipinski definition) is 4. The number of carboxylic acid groups (broad SMARTS) is 1. The van der Waals surface area contributed by atoms with E-state index in [2.05, 4.69) is 4.98 Å². The number of hydrogen-bond donors (Lipinski definition) is 1. The third-order valence-electron chi connectivity index (χ3n) is 3.31. The second kappa shape index (κ2) is 3.81. The topological polar surface area (TPSA) is 72.6 Å². The van der Waals surface area contributed by atoms with Crippen molar-refractivity contribution in [3.05, 3.63) is 29.7 Å². The molecule has 1 aromatic heterocycles. The molecule has 0 saturated carbocycles. The first-order valence-corrected chi connectivity index (χ1v) is 5.87. The van der Waals surface area contributed by atoms with Gasteiger partial charge in [0.1, 0.15) is 11.1 Å². The molecular formula is C13H13NO4. The normalized spacial score (nSPS) is 23.6. The van der Waals surface area contributed by atoms with Crippen molar-refractivity contribution in [3.63, 3.8) is 0 Å². The number of nitrogens with zero attached hydrogens (tertiary/aromatic N) is 1. The summed E-state index contributed by atoms with van der Waals surface area (Å²) in [5.74, 6) is -0.448. The number of oxazole rings is 1. The van der Waals surface area contributed by atoms with Gasteiger partial charge < -0.3 is 14.3 Å². The van der Waals surface area contributed by atoms with Crippen molar-refractivity contribution < 1.29 is 19.1 Å². The lowest BCUT2D eigenvalue weighted by atomic mass is 10.0. The zero-order chi connectivity index (χ0) is 12.8. The van der Waals surface area contributed by atoms with Gasteiger partial charge in [0.15, 0.2) is 5.58 Å². The van der Waals surface area contributed by atoms with Crippen molar-refractivity contribution in [2.75, 3.05) is 6.61 Å². The molecule has 2 heterocycles. The molecule has 0 amide bonds. The molecule has 1 fully saturated rings. The van der Waals surface area contributed by atoms with E-state index in [9.17, 15) is 4.79 Å². The van der Waals surface area contributed by atoms with Crippen LogP contribution >= 0.6 is 0 Å². The number of aromatic carboxylic acids is 1. The van der Waals surface area contributed by atoms with Gasteiger partial charge in [-0.3, -0.25) is 0 Å². The van der Waals surface area contributed by atoms with Crippen molar-refractivity contribution in [2.24, 2.45) is 0 Å². The van der Waals surface area contributed by atoms with Crippen LogP contribution in [-0.2, 0) is 10.3 Å². The van der Waals surface area contributed by atoms with Crippen molar-refractivity contribution >= 4 is 17.1 Å². The van der Waals surface area contributed by atoms with Gasteiger partial charge in [-0.15, -0.1) is 0 Å². The summed E-state index contributed by atoms with van der Waals surface area (Å²) in [7, 11) is 0. The van der Waals surface area contributed by atoms with Crippen molar-refractivity contribution in [3.8, 4) is 0 Å². The highest BCUT2D eigenvalue weighted by atomic mass is 16.5. The lowest BCUT2D eigenvalue weighted by Crippen LogP contribution is -2.20. The van der Waals surface area contributed by atoms with Crippen molar-refractivity contribution in [1.82, 2.24) is 4.98 Å². The molecule has 3 rings (SSSR count). The summed E-state index contributed by atoms with van der Waals surface area (Å²) in [6.45, 7) is 2.65. The molecular weight excluding hydrogens is 234 g/mol. The van der Waals surface area contributed by atoms with Crippen LogP contribution in [0.2, 0.25) is 0 Å². The average molecular weight is 247 g/mol. The van der Waals surface area contributed by atoms with Crippen molar-refractivity contribution in [1.29, 1.82) is 0 Å². The van der Waals surface area contributed by atoms with Gasteiger partial charge in [-0.1, -0.05) is 0 Å². The molecule has 1 aromatic carbocycles. The molecule has 1 unspecified atom stereocenters. The number of carboxylic acids is 1. The zero-order valence-electron chi connectivity index (χ0n) is 9.97. The predicted molar refractivity (Wildman–Crippen MR) is 63.5 cm³/mol. The lowest BCUT2D eigenvalue weighted by molar-refractivity contribution is -0.00409. The second-order valence-corrected chi connectivity index (χ2v) is 4.69. The van der Waals surface area contributed by atoms with Crippen LogP contribution in [0.4, 0.5) is 0 Å². The van der Waals surface area contributed by atoms with Crippen LogP contribution in [0.1, 0.15) is 36.0 Å². The summed E-state index contributed by atoms with van der Waals surface area (Å²) in [5.41, 5.74) is 0.860. The van der Waals surface area contributed by atoms with Gasteiger partial charge in [0.05, 0.1) is 5.56 Å². The number of carbonyl (C=O) groups is 1. The van der Waals surface area contributed by atoms with E-state index in [1.165, 1.54) is 12.1 Å². The summed E-state index contributed by atoms with van der Waals surface area (Å²) in [6.07, 6.45) is 1.85. The Labute approximate surface area is 103 Å². The molecule has 94 valence electrons. The molecule has 5 heteroatoms. The largest absolute Gasteiger partial charge is 0.478 e. The summed E-state index contributed by atoms with van der Waals surface area (Å²) in [6, 6.07) is 4.67. The van der Waals surface area contributed by atoms with Gasteiger partial charge in [-0.25, -0.2) is 9.78 Å². The Bertz CT molecular complexity index is 610. The van der Waals surface area contributed by atoms with Crippen LogP contribution in [0.3, 0.4) is 0 Å². The Kier molecular flexibility index (Phi) is 2.38. The van der Waals surface area contributed by atoms with Gasteiger partial charge in [-0.05, 0) is 38.0 Å². The molecule has 5 nitrogen and oxygen atoms in total. The quantitative estimate of drug-likeness (QED) is 0.882. The number of aromatic nitrogens is 1. The van der Waals surface area contributed by atoms with E-state index in [1.54, 1.807) is 6.07 Å². The van der Waals surface area contributed by atoms with Crippen LogP contribution in [0.15, 0.2) is 22.6 Å². The fourth-order valence-corrected chi connectivity index (χ4v) is 2.23. The summed E-state index contributed by atoms with van der Waals surface area (Å²) >= 11 is 0. The monoisotopic (exact) mass is 247 g/mol. The van der Waals surface area contributed by atoms with Gasteiger partial charge in [0, 0.05) is 6.61 Å². The highest BCUT2D eigenvalue weighted by Gasteiger charge is 2.36. The van der Waals surface area contributed by atoms with Crippen LogP contribution < -0.4 is 0 Å². The third kappa shape index (κ3) is 1.67. The Hall–Kier alpha value is -1.88. The van der Waals surface area contributed by atoms with Crippen LogP contribution in [-0.4, -0.2) is 22.7 Å². The van der Waals surface area contributed by atoms with Gasteiger partial charge >= 0.3 is 5.97 Å². The maximum Gasteiger partial charge on any atom is 0.335 e. The summed E-state index contributed by atoms with van der Waals surface area (Å²) in [4.78, 5) is 15.3. The first kappa shape index (κ1) is 11.2. The molecule has 2 aromatic rings. The fraction of sp³-hybridized carbons (Fsp3) is 0.385. The number of rotatable bonds is 2. The Morgan fingerprint density at radius 3 is 3.00 bits per heavy atom. The van der Waals surface area contributed by atoms with Gasteiger partial charge in [0.25, 0.3) is 0 Å². The van der Waals surface area contributed by atoms with E-state index < -0.39 is 11.6 Å². The second-order valence-electron chi connectivity index (χ2n) is 4.69. The minimum atomic E-state index is -0.974. The van der Waals surface area contributed by atoms with Gasteiger partial charge in [-0.2, -0.15) is 0 Å². The molecule has 1 atom stereocenters. The SMILES string of the molecule is CC1(c2nc3ccc(C(=O)O)cc3o2)CCCO1. The molecule has 1 aliphatic rings. The van der Waals surface area contributed by atoms with Crippen LogP contribution in [0, 0.1) is 0 Å². The fourth-order valence-electron chi connectivity index (χ4n) is 2.23. The molecule has 1 saturated heterocycles. The number of fused-ring (bicyclic) bond motifs is 1. The summed E-state index contributed by atoms with van der Waals surface area (Å²) in [5, 5.41) is 8.93. The number of benzene rings is 1. The lowest BCUT2D eigenvalue weighted by Gasteiger charge is -2.17. The molecule has 0 aliphatic carbocycles. The van der Waals surface area contributed by atoms with E-state index in [1.807, 2.05) is 6.92 Å². The Morgan fingerprint density at radius 1 is 1.50 bits per heavy atom. The minimum absolute atomic E-state index is 0.197. The number of ether oxygens (including phenoxy) is 1. The predicted octanol–water partition coefficient (Wildman–Crippen LogP) is 2.55. The van der Waals surface area contributed by atoms with Crippen LogP contribution in [0.25, 0.3) is 11.1 Å². The highest BCUT2D eigenvalue weighted by Crippen LogP contribution is 2.36. The third-order valence-corrected chi connectivity index (χ3v) is 3.31. The Balaban J connectivity index is 2.08. The van der Waals surface area contributed by atoms with E-state index >= 15 is 0 Å². The Morgan fingerprint density at radius 2 is 2.33 bits per heavy atom. The molecule has 0 spiro atoms. The minimum Gasteiger partial charge on any atom is -0.478 e. The van der Waals surface area contributed by atoms with Gasteiger partial charge in [0.2, 0.25) is 5.89 Å². The zero-order valence-corrected chi connectivity index (χ0v) is 9.97. The van der Waals surface area contributed by atoms with E-state index in [-0.39, 0.29) is 5.56 Å². The highest BCUT2D eigenvalue weighted by molar-refractivity contribution is 5.91. The van der Waals surface area contributed by atoms with E-state index in [0.29, 0.717) is 23.6 Å². The maximum atomic E-state index is 10.9. The molecule has 1 N–H and O–H groups in total. The standard InChI is InChI=1S/C13H13NO4/c1-13(5-2-6-17-13)12-14-9-4-3-8(11(15)16)7-10(9)18-12/h3-4,7H,2,5-6H2,1H3,(H,15,16). The molecule has 18 heavy (non-hydrogen) atoms. The van der Waals surface area contributed by atoms with E-state index in [0.717, 1.165) is 12.8 Å². The molecule has 0 radical (unpaired) electrons. The first-order chi connectivity index (χ1) is 8.58. The molecule has 0 bridgehead atoms. The first-order valence-electron chi connectivity index (χ1n) is 5.87. The maximum absolute atomic E-state index is 10.9. The van der Waals surface area contributed by atoms with E-state index in [4.69, 9.17) is 14.3 Å². The molecule has 1 aliphatic heterocycles. The average Bonchev–Trinajstić information content (AvgIpc) is 2.94. The summed E-state index contributed by atoms with van der Waals surface area (Å²) < 4.78 is 11.3. The smallest absolute Gasteiger partial charge is 0.335 e. The van der Waals surface area contributed by atoms with Crippen LogP contribution in [0.5, 0.6) is 0 Å². The van der Waals surface area contributed by atoms with Crippen molar-refractivity contribution in [2.45, 2.75) is 25.4 Å².